The van der Waals surface area contributed by atoms with Gasteiger partial charge >= 0.3 is 5.63 Å². The SMILES string of the molecule is COc1ccc(-c2cc(=O)oc3c(C)c(O[C@H](C)C(=O)N4C[C@@H]5C[C@H](C4)c4cccc(=O)n4C5)ccc23)cc1. The highest BCUT2D eigenvalue weighted by molar-refractivity contribution is 5.95. The number of aryl methyl sites for hydroxylation is 1. The Bertz CT molecular complexity index is 1690. The second kappa shape index (κ2) is 9.76. The van der Waals surface area contributed by atoms with E-state index in [1.165, 1.54) is 6.07 Å². The van der Waals surface area contributed by atoms with Gasteiger partial charge in [-0.1, -0.05) is 18.2 Å². The molecule has 2 aliphatic rings. The molecule has 1 saturated heterocycles. The van der Waals surface area contributed by atoms with Crippen molar-refractivity contribution in [1.29, 1.82) is 0 Å². The zero-order valence-corrected chi connectivity index (χ0v) is 22.2. The molecule has 0 N–H and O–H groups in total. The number of amides is 1. The molecule has 0 unspecified atom stereocenters. The van der Waals surface area contributed by atoms with Crippen molar-refractivity contribution in [2.24, 2.45) is 5.92 Å². The van der Waals surface area contributed by atoms with E-state index in [1.807, 2.05) is 58.9 Å². The molecule has 4 heterocycles. The maximum absolute atomic E-state index is 13.5. The van der Waals surface area contributed by atoms with Gasteiger partial charge in [-0.2, -0.15) is 0 Å². The smallest absolute Gasteiger partial charge is 0.336 e. The Kier molecular flexibility index (Phi) is 6.25. The number of nitrogens with zero attached hydrogens (tertiary/aromatic N) is 2. The van der Waals surface area contributed by atoms with Gasteiger partial charge in [0.25, 0.3) is 11.5 Å². The van der Waals surface area contributed by atoms with Crippen LogP contribution in [-0.4, -0.2) is 41.7 Å². The lowest BCUT2D eigenvalue weighted by Crippen LogP contribution is -2.52. The molecule has 1 fully saturated rings. The van der Waals surface area contributed by atoms with Gasteiger partial charge in [0, 0.05) is 54.3 Å². The first-order valence-corrected chi connectivity index (χ1v) is 13.2. The van der Waals surface area contributed by atoms with Crippen molar-refractivity contribution in [2.45, 2.75) is 38.8 Å². The van der Waals surface area contributed by atoms with Crippen molar-refractivity contribution in [1.82, 2.24) is 9.47 Å². The predicted molar refractivity (Wildman–Crippen MR) is 147 cm³/mol. The number of ether oxygens (including phenoxy) is 2. The molecule has 0 radical (unpaired) electrons. The molecule has 2 bridgehead atoms. The maximum Gasteiger partial charge on any atom is 0.336 e. The molecule has 1 amide bonds. The molecule has 2 aliphatic heterocycles. The van der Waals surface area contributed by atoms with Crippen LogP contribution in [0.25, 0.3) is 22.1 Å². The fourth-order valence-electron chi connectivity index (χ4n) is 6.05. The van der Waals surface area contributed by atoms with Crippen LogP contribution in [0.3, 0.4) is 0 Å². The minimum Gasteiger partial charge on any atom is -0.497 e. The first kappa shape index (κ1) is 25.0. The van der Waals surface area contributed by atoms with Crippen LogP contribution in [0.1, 0.15) is 30.5 Å². The standard InChI is InChI=1S/C31H30N2O6/c1-18-27(12-11-24-25(14-29(35)39-30(18)24)21-7-9-23(37-3)10-8-21)38-19(2)31(36)32-15-20-13-22(17-32)26-5-4-6-28(34)33(26)16-20/h4-12,14,19-20,22H,13,15-17H2,1-3H3/t19-,20+,22-/m1/s1. The average Bonchev–Trinajstić information content (AvgIpc) is 2.94. The van der Waals surface area contributed by atoms with Crippen molar-refractivity contribution in [3.8, 4) is 22.6 Å². The van der Waals surface area contributed by atoms with E-state index in [0.717, 1.165) is 34.4 Å². The molecule has 8 nitrogen and oxygen atoms in total. The maximum atomic E-state index is 13.5. The fourth-order valence-corrected chi connectivity index (χ4v) is 6.05. The summed E-state index contributed by atoms with van der Waals surface area (Å²) in [4.78, 5) is 40.2. The molecule has 4 aromatic rings. The zero-order valence-electron chi connectivity index (χ0n) is 22.2. The van der Waals surface area contributed by atoms with E-state index >= 15 is 0 Å². The summed E-state index contributed by atoms with van der Waals surface area (Å²) >= 11 is 0. The largest absolute Gasteiger partial charge is 0.497 e. The number of piperidine rings is 1. The Hall–Kier alpha value is -4.33. The molecule has 200 valence electrons. The topological polar surface area (TPSA) is 91.0 Å². The molecule has 3 atom stereocenters. The van der Waals surface area contributed by atoms with Crippen LogP contribution in [0, 0.1) is 12.8 Å². The van der Waals surface area contributed by atoms with E-state index in [2.05, 4.69) is 0 Å². The molecular formula is C31H30N2O6. The number of fused-ring (bicyclic) bond motifs is 5. The number of hydrogen-bond acceptors (Lipinski definition) is 6. The molecule has 0 spiro atoms. The number of pyridine rings is 1. The van der Waals surface area contributed by atoms with Crippen LogP contribution in [0.2, 0.25) is 0 Å². The zero-order chi connectivity index (χ0) is 27.3. The number of benzene rings is 2. The third-order valence-electron chi connectivity index (χ3n) is 7.96. The van der Waals surface area contributed by atoms with Gasteiger partial charge < -0.3 is 23.4 Å². The second-order valence-electron chi connectivity index (χ2n) is 10.5. The van der Waals surface area contributed by atoms with Gasteiger partial charge in [-0.3, -0.25) is 9.59 Å². The predicted octanol–water partition coefficient (Wildman–Crippen LogP) is 4.35. The molecule has 6 rings (SSSR count). The molecule has 39 heavy (non-hydrogen) atoms. The van der Waals surface area contributed by atoms with Gasteiger partial charge in [0.15, 0.2) is 6.10 Å². The third-order valence-corrected chi connectivity index (χ3v) is 7.96. The molecule has 2 aromatic heterocycles. The van der Waals surface area contributed by atoms with Gasteiger partial charge in [0.2, 0.25) is 0 Å². The second-order valence-corrected chi connectivity index (χ2v) is 10.5. The van der Waals surface area contributed by atoms with Gasteiger partial charge in [-0.15, -0.1) is 0 Å². The number of carbonyl (C=O) groups excluding carboxylic acids is 1. The van der Waals surface area contributed by atoms with Crippen molar-refractivity contribution >= 4 is 16.9 Å². The monoisotopic (exact) mass is 526 g/mol. The molecule has 8 heteroatoms. The molecular weight excluding hydrogens is 496 g/mol. The fraction of sp³-hybridized carbons (Fsp3) is 0.323. The van der Waals surface area contributed by atoms with Gasteiger partial charge in [0.1, 0.15) is 17.1 Å². The van der Waals surface area contributed by atoms with E-state index in [9.17, 15) is 14.4 Å². The highest BCUT2D eigenvalue weighted by Crippen LogP contribution is 2.36. The normalized spacial score (nSPS) is 18.9. The van der Waals surface area contributed by atoms with Crippen molar-refractivity contribution in [3.63, 3.8) is 0 Å². The summed E-state index contributed by atoms with van der Waals surface area (Å²) in [6, 6.07) is 18.0. The van der Waals surface area contributed by atoms with Crippen LogP contribution in [0.5, 0.6) is 11.5 Å². The Labute approximate surface area is 225 Å². The van der Waals surface area contributed by atoms with E-state index in [-0.39, 0.29) is 23.3 Å². The lowest BCUT2D eigenvalue weighted by molar-refractivity contribution is -0.140. The van der Waals surface area contributed by atoms with Crippen molar-refractivity contribution < 1.29 is 18.7 Å². The Morgan fingerprint density at radius 1 is 1.03 bits per heavy atom. The van der Waals surface area contributed by atoms with Gasteiger partial charge in [-0.25, -0.2) is 4.79 Å². The first-order valence-electron chi connectivity index (χ1n) is 13.2. The molecule has 2 aromatic carbocycles. The summed E-state index contributed by atoms with van der Waals surface area (Å²) in [6.45, 7) is 5.36. The summed E-state index contributed by atoms with van der Waals surface area (Å²) in [7, 11) is 1.61. The number of methoxy groups -OCH3 is 1. The molecule has 0 saturated carbocycles. The number of carbonyl (C=O) groups is 1. The van der Waals surface area contributed by atoms with Crippen LogP contribution in [0.15, 0.2) is 74.7 Å². The summed E-state index contributed by atoms with van der Waals surface area (Å²) in [5, 5.41) is 0.779. The Morgan fingerprint density at radius 2 is 1.82 bits per heavy atom. The lowest BCUT2D eigenvalue weighted by Gasteiger charge is -2.43. The van der Waals surface area contributed by atoms with E-state index in [4.69, 9.17) is 13.9 Å². The minimum absolute atomic E-state index is 0.0206. The minimum atomic E-state index is -0.727. The lowest BCUT2D eigenvalue weighted by atomic mass is 9.83. The molecule has 0 aliphatic carbocycles. The number of likely N-dealkylation sites (tertiary alicyclic amines) is 1. The highest BCUT2D eigenvalue weighted by atomic mass is 16.5. The van der Waals surface area contributed by atoms with Gasteiger partial charge in [-0.05, 0) is 67.6 Å². The Balaban J connectivity index is 1.25. The van der Waals surface area contributed by atoms with Crippen LogP contribution >= 0.6 is 0 Å². The number of aromatic nitrogens is 1. The quantitative estimate of drug-likeness (QED) is 0.359. The number of hydrogen-bond donors (Lipinski definition) is 0. The summed E-state index contributed by atoms with van der Waals surface area (Å²) in [5.74, 6) is 1.50. The average molecular weight is 527 g/mol. The van der Waals surface area contributed by atoms with Crippen LogP contribution in [0.4, 0.5) is 0 Å². The summed E-state index contributed by atoms with van der Waals surface area (Å²) < 4.78 is 18.9. The Morgan fingerprint density at radius 3 is 2.59 bits per heavy atom. The van der Waals surface area contributed by atoms with Crippen molar-refractivity contribution in [2.75, 3.05) is 20.2 Å². The van der Waals surface area contributed by atoms with Crippen LogP contribution in [-0.2, 0) is 11.3 Å². The van der Waals surface area contributed by atoms with Crippen LogP contribution < -0.4 is 20.7 Å². The van der Waals surface area contributed by atoms with E-state index in [1.54, 1.807) is 26.2 Å². The number of rotatable bonds is 5. The third kappa shape index (κ3) is 4.50. The van der Waals surface area contributed by atoms with E-state index in [0.29, 0.717) is 36.5 Å². The van der Waals surface area contributed by atoms with E-state index < -0.39 is 11.7 Å². The first-order chi connectivity index (χ1) is 18.8. The highest BCUT2D eigenvalue weighted by Gasteiger charge is 2.37. The summed E-state index contributed by atoms with van der Waals surface area (Å²) in [6.07, 6.45) is 0.247. The van der Waals surface area contributed by atoms with Gasteiger partial charge in [0.05, 0.1) is 7.11 Å². The van der Waals surface area contributed by atoms with Crippen molar-refractivity contribution in [3.05, 3.63) is 92.7 Å². The summed E-state index contributed by atoms with van der Waals surface area (Å²) in [5.41, 5.74) is 3.26.